The maximum atomic E-state index is 13.6. The van der Waals surface area contributed by atoms with Gasteiger partial charge in [0.1, 0.15) is 5.82 Å². The van der Waals surface area contributed by atoms with Crippen LogP contribution in [0.4, 0.5) is 46.0 Å². The van der Waals surface area contributed by atoms with Crippen molar-refractivity contribution in [2.24, 2.45) is 5.41 Å². The summed E-state index contributed by atoms with van der Waals surface area (Å²) in [6, 6.07) is 3.43. The Morgan fingerprint density at radius 1 is 0.897 bits per heavy atom. The number of benzene rings is 2. The summed E-state index contributed by atoms with van der Waals surface area (Å²) in [6.45, 7) is 5.17. The molecule has 0 spiro atoms. The minimum atomic E-state index is -5.11. The van der Waals surface area contributed by atoms with Crippen molar-refractivity contribution in [2.45, 2.75) is 51.1 Å². The average Bonchev–Trinajstić information content (AvgIpc) is 3.23. The molecule has 0 radical (unpaired) electrons. The number of anilines is 1. The van der Waals surface area contributed by atoms with E-state index >= 15 is 0 Å². The normalized spacial score (nSPS) is 20.2. The number of halogens is 7. The molecule has 1 aliphatic rings. The lowest BCUT2D eigenvalue weighted by Gasteiger charge is -2.42. The number of carbonyl (C=O) groups is 2. The molecule has 0 aliphatic carbocycles. The molecular weight excluding hydrogens is 535 g/mol. The van der Waals surface area contributed by atoms with E-state index in [2.05, 4.69) is 0 Å². The molecule has 1 heterocycles. The third kappa shape index (κ3) is 6.22. The first-order valence-electron chi connectivity index (χ1n) is 11.8. The lowest BCUT2D eigenvalue weighted by Crippen LogP contribution is -2.56. The molecule has 0 bridgehead atoms. The molecule has 39 heavy (non-hydrogen) atoms. The molecule has 3 rings (SSSR count). The average molecular weight is 564 g/mol. The van der Waals surface area contributed by atoms with E-state index in [1.807, 2.05) is 0 Å². The minimum absolute atomic E-state index is 0.0343. The molecule has 3 amide bonds. The number of carboxylic acid groups (broad SMARTS) is 1. The van der Waals surface area contributed by atoms with Crippen molar-refractivity contribution >= 4 is 17.8 Å². The van der Waals surface area contributed by atoms with Gasteiger partial charge in [0.15, 0.2) is 0 Å². The Morgan fingerprint density at radius 2 is 1.38 bits per heavy atom. The molecule has 0 saturated carbocycles. The summed E-state index contributed by atoms with van der Waals surface area (Å²) in [6.07, 6.45) is -11.5. The number of nitrogens with zero attached hydrogens (tertiary/aromatic N) is 3. The second-order valence-corrected chi connectivity index (χ2v) is 10.6. The predicted octanol–water partition coefficient (Wildman–Crippen LogP) is 6.91. The second kappa shape index (κ2) is 10.2. The van der Waals surface area contributed by atoms with Crippen LogP contribution in [-0.2, 0) is 12.4 Å². The molecule has 1 N–H and O–H groups in total. The molecule has 214 valence electrons. The Balaban J connectivity index is 2.10. The summed E-state index contributed by atoms with van der Waals surface area (Å²) in [5, 5.41) is 9.93. The zero-order valence-corrected chi connectivity index (χ0v) is 21.7. The van der Waals surface area contributed by atoms with E-state index in [0.29, 0.717) is 22.6 Å². The van der Waals surface area contributed by atoms with Crippen LogP contribution >= 0.6 is 0 Å². The van der Waals surface area contributed by atoms with Crippen molar-refractivity contribution < 1.29 is 45.4 Å². The Bertz CT molecular complexity index is 1190. The maximum absolute atomic E-state index is 13.6. The van der Waals surface area contributed by atoms with E-state index in [1.54, 1.807) is 20.8 Å². The zero-order valence-electron chi connectivity index (χ0n) is 21.7. The Labute approximate surface area is 220 Å². The highest BCUT2D eigenvalue weighted by molar-refractivity contribution is 5.92. The number of alkyl halides is 6. The third-order valence-corrected chi connectivity index (χ3v) is 6.89. The second-order valence-electron chi connectivity index (χ2n) is 10.6. The topological polar surface area (TPSA) is 64.1 Å². The first-order chi connectivity index (χ1) is 17.7. The predicted molar refractivity (Wildman–Crippen MR) is 129 cm³/mol. The van der Waals surface area contributed by atoms with E-state index in [4.69, 9.17) is 0 Å². The standard InChI is InChI=1S/C26H28F7N3O3/c1-24(2,3)21-20(19(13-36(21)23(38)39)14-6-8-17(27)9-7-14)35(5)22(37)34(4)18-11-15(25(28,29)30)10-16(12-18)26(31,32)33/h6-12,19-21H,13H2,1-5H3,(H,38,39)/t19-,20+,21?/m0/s1. The van der Waals surface area contributed by atoms with Crippen LogP contribution < -0.4 is 4.90 Å². The summed E-state index contributed by atoms with van der Waals surface area (Å²) in [4.78, 5) is 28.7. The fraction of sp³-hybridized carbons (Fsp3) is 0.462. The maximum Gasteiger partial charge on any atom is 0.416 e. The number of rotatable bonds is 3. The van der Waals surface area contributed by atoms with Gasteiger partial charge >= 0.3 is 24.5 Å². The molecule has 13 heteroatoms. The minimum Gasteiger partial charge on any atom is -0.465 e. The molecule has 6 nitrogen and oxygen atoms in total. The third-order valence-electron chi connectivity index (χ3n) is 6.89. The van der Waals surface area contributed by atoms with Crippen LogP contribution in [0, 0.1) is 11.2 Å². The smallest absolute Gasteiger partial charge is 0.416 e. The number of likely N-dealkylation sites (tertiary alicyclic amines) is 1. The van der Waals surface area contributed by atoms with Crippen molar-refractivity contribution in [3.63, 3.8) is 0 Å². The van der Waals surface area contributed by atoms with E-state index in [0.717, 1.165) is 16.8 Å². The van der Waals surface area contributed by atoms with E-state index in [9.17, 15) is 45.4 Å². The van der Waals surface area contributed by atoms with Crippen molar-refractivity contribution in [1.29, 1.82) is 0 Å². The van der Waals surface area contributed by atoms with Gasteiger partial charge in [-0.05, 0) is 41.3 Å². The van der Waals surface area contributed by atoms with Crippen LogP contribution in [0.5, 0.6) is 0 Å². The highest BCUT2D eigenvalue weighted by Crippen LogP contribution is 2.44. The molecule has 1 aliphatic heterocycles. The van der Waals surface area contributed by atoms with Crippen molar-refractivity contribution in [1.82, 2.24) is 9.80 Å². The van der Waals surface area contributed by atoms with Crippen molar-refractivity contribution in [3.8, 4) is 0 Å². The van der Waals surface area contributed by atoms with Crippen LogP contribution in [-0.4, -0.2) is 59.8 Å². The fourth-order valence-corrected chi connectivity index (χ4v) is 5.12. The van der Waals surface area contributed by atoms with Crippen molar-refractivity contribution in [2.75, 3.05) is 25.5 Å². The van der Waals surface area contributed by atoms with Gasteiger partial charge in [-0.1, -0.05) is 32.9 Å². The Hall–Kier alpha value is -3.51. The molecule has 3 atom stereocenters. The van der Waals surface area contributed by atoms with Gasteiger partial charge in [0, 0.05) is 32.2 Å². The first-order valence-corrected chi connectivity index (χ1v) is 11.8. The fourth-order valence-electron chi connectivity index (χ4n) is 5.12. The summed E-state index contributed by atoms with van der Waals surface area (Å²) in [5.74, 6) is -1.20. The summed E-state index contributed by atoms with van der Waals surface area (Å²) >= 11 is 0. The van der Waals surface area contributed by atoms with Crippen LogP contribution in [0.3, 0.4) is 0 Å². The number of amides is 3. The van der Waals surface area contributed by atoms with Gasteiger partial charge in [-0.2, -0.15) is 26.3 Å². The van der Waals surface area contributed by atoms with Gasteiger partial charge in [-0.25, -0.2) is 14.0 Å². The molecule has 1 unspecified atom stereocenters. The molecule has 1 fully saturated rings. The number of urea groups is 1. The molecular formula is C26H28F7N3O3. The van der Waals surface area contributed by atoms with Crippen LogP contribution in [0.15, 0.2) is 42.5 Å². The highest BCUT2D eigenvalue weighted by atomic mass is 19.4. The monoisotopic (exact) mass is 563 g/mol. The van der Waals surface area contributed by atoms with Gasteiger partial charge in [-0.3, -0.25) is 4.90 Å². The Kier molecular flexibility index (Phi) is 7.88. The molecule has 2 aromatic carbocycles. The van der Waals surface area contributed by atoms with Crippen LogP contribution in [0.2, 0.25) is 0 Å². The number of likely N-dealkylation sites (N-methyl/N-ethyl adjacent to an activating group) is 1. The van der Waals surface area contributed by atoms with Gasteiger partial charge in [0.2, 0.25) is 0 Å². The van der Waals surface area contributed by atoms with Gasteiger partial charge < -0.3 is 14.9 Å². The number of hydrogen-bond donors (Lipinski definition) is 1. The largest absolute Gasteiger partial charge is 0.465 e. The number of hydrogen-bond acceptors (Lipinski definition) is 2. The quantitative estimate of drug-likeness (QED) is 0.413. The van der Waals surface area contributed by atoms with E-state index < -0.39 is 70.5 Å². The van der Waals surface area contributed by atoms with Gasteiger partial charge in [0.05, 0.1) is 23.2 Å². The zero-order chi connectivity index (χ0) is 29.7. The summed E-state index contributed by atoms with van der Waals surface area (Å²) in [7, 11) is 2.35. The molecule has 2 aromatic rings. The van der Waals surface area contributed by atoms with Gasteiger partial charge in [0.25, 0.3) is 0 Å². The van der Waals surface area contributed by atoms with Gasteiger partial charge in [-0.15, -0.1) is 0 Å². The Morgan fingerprint density at radius 3 is 1.79 bits per heavy atom. The van der Waals surface area contributed by atoms with E-state index in [1.165, 1.54) is 31.3 Å². The van der Waals surface area contributed by atoms with Crippen molar-refractivity contribution in [3.05, 3.63) is 65.0 Å². The van der Waals surface area contributed by atoms with Crippen LogP contribution in [0.1, 0.15) is 43.4 Å². The number of carbonyl (C=O) groups excluding carboxylic acids is 1. The summed E-state index contributed by atoms with van der Waals surface area (Å²) in [5.41, 5.74) is -4.04. The highest BCUT2D eigenvalue weighted by Gasteiger charge is 2.52. The lowest BCUT2D eigenvalue weighted by atomic mass is 9.78. The molecule has 1 saturated heterocycles. The first kappa shape index (κ1) is 30.0. The van der Waals surface area contributed by atoms with Crippen LogP contribution in [0.25, 0.3) is 0 Å². The lowest BCUT2D eigenvalue weighted by molar-refractivity contribution is -0.143. The molecule has 0 aromatic heterocycles. The van der Waals surface area contributed by atoms with E-state index in [-0.39, 0.29) is 12.6 Å². The SMILES string of the molecule is CN(C(=O)N(C)[C@H]1C(C(C)(C)C)N(C(=O)O)C[C@H]1c1ccc(F)cc1)c1cc(C(F)(F)F)cc(C(F)(F)F)c1. The summed E-state index contributed by atoms with van der Waals surface area (Å²) < 4.78 is 94.0.